The van der Waals surface area contributed by atoms with Gasteiger partial charge in [0.25, 0.3) is 5.56 Å². The smallest absolute Gasteiger partial charge is 0.463 e. The van der Waals surface area contributed by atoms with Crippen LogP contribution in [0.2, 0.25) is 0 Å². The number of aromatic nitrogens is 2. The Kier molecular flexibility index (Phi) is 6.04. The van der Waals surface area contributed by atoms with Crippen LogP contribution in [0.5, 0.6) is 0 Å². The molecule has 1 aromatic heterocycles. The molecule has 1 fully saturated rings. The van der Waals surface area contributed by atoms with Gasteiger partial charge in [0.1, 0.15) is 6.23 Å². The first kappa shape index (κ1) is 20.6. The standard InChI is InChI=1S/C16H21FN2O8/c1-4-24-12(21)15(2,3)27-14(23)25-9-16(17)7-5-11(26-16)19-8-6-10(20)18-13(19)22/h6,8,11H,4-5,7,9H2,1-3H3,(H,18,20,22)/t11-,16+/m1/s1. The van der Waals surface area contributed by atoms with Gasteiger partial charge in [-0.1, -0.05) is 0 Å². The van der Waals surface area contributed by atoms with Gasteiger partial charge in [-0.2, -0.15) is 0 Å². The molecule has 1 aromatic rings. The lowest BCUT2D eigenvalue weighted by Gasteiger charge is -2.24. The van der Waals surface area contributed by atoms with E-state index >= 15 is 0 Å². The van der Waals surface area contributed by atoms with Crippen LogP contribution in [-0.2, 0) is 23.7 Å². The van der Waals surface area contributed by atoms with Crippen LogP contribution in [0, 0.1) is 0 Å². The zero-order chi connectivity index (χ0) is 20.2. The molecule has 11 heteroatoms. The number of nitrogens with zero attached hydrogens (tertiary/aromatic N) is 1. The highest BCUT2D eigenvalue weighted by molar-refractivity contribution is 5.81. The van der Waals surface area contributed by atoms with E-state index < -0.39 is 47.7 Å². The maximum absolute atomic E-state index is 14.7. The van der Waals surface area contributed by atoms with Gasteiger partial charge >= 0.3 is 17.8 Å². The van der Waals surface area contributed by atoms with Gasteiger partial charge < -0.3 is 18.9 Å². The molecular formula is C16H21FN2O8. The lowest BCUT2D eigenvalue weighted by atomic mass is 10.1. The van der Waals surface area contributed by atoms with Crippen LogP contribution in [-0.4, -0.2) is 46.3 Å². The van der Waals surface area contributed by atoms with Gasteiger partial charge in [0.2, 0.25) is 11.5 Å². The number of esters is 1. The molecule has 1 saturated heterocycles. The summed E-state index contributed by atoms with van der Waals surface area (Å²) in [5.74, 6) is -3.11. The molecular weight excluding hydrogens is 367 g/mol. The Bertz CT molecular complexity index is 817. The van der Waals surface area contributed by atoms with Gasteiger partial charge in [-0.15, -0.1) is 0 Å². The molecule has 0 amide bonds. The van der Waals surface area contributed by atoms with Crippen LogP contribution >= 0.6 is 0 Å². The normalized spacial score (nSPS) is 22.3. The third-order valence-corrected chi connectivity index (χ3v) is 3.78. The van der Waals surface area contributed by atoms with E-state index in [0.717, 1.165) is 10.6 Å². The summed E-state index contributed by atoms with van der Waals surface area (Å²) in [6, 6.07) is 1.11. The molecule has 2 atom stereocenters. The molecule has 0 aliphatic carbocycles. The fourth-order valence-electron chi connectivity index (χ4n) is 2.41. The maximum Gasteiger partial charge on any atom is 0.509 e. The first-order valence-corrected chi connectivity index (χ1v) is 8.27. The number of hydrogen-bond acceptors (Lipinski definition) is 8. The molecule has 1 N–H and O–H groups in total. The summed E-state index contributed by atoms with van der Waals surface area (Å²) in [5, 5.41) is 0. The monoisotopic (exact) mass is 388 g/mol. The number of nitrogens with one attached hydrogen (secondary N) is 1. The average Bonchev–Trinajstić information content (AvgIpc) is 2.95. The molecule has 0 radical (unpaired) electrons. The summed E-state index contributed by atoms with van der Waals surface area (Å²) in [5.41, 5.74) is -2.93. The second kappa shape index (κ2) is 7.91. The third-order valence-electron chi connectivity index (χ3n) is 3.78. The van der Waals surface area contributed by atoms with Crippen molar-refractivity contribution in [3.63, 3.8) is 0 Å². The van der Waals surface area contributed by atoms with Gasteiger partial charge in [0, 0.05) is 18.7 Å². The first-order valence-electron chi connectivity index (χ1n) is 8.27. The van der Waals surface area contributed by atoms with Crippen molar-refractivity contribution < 1.29 is 32.9 Å². The Balaban J connectivity index is 1.92. The lowest BCUT2D eigenvalue weighted by Crippen LogP contribution is -2.40. The SMILES string of the molecule is CCOC(=O)C(C)(C)OC(=O)OC[C@]1(F)CC[C@H](n2ccc(=O)[nH]c2=O)O1. The number of carbonyl (C=O) groups excluding carboxylic acids is 2. The van der Waals surface area contributed by atoms with Gasteiger partial charge in [-0.05, 0) is 27.2 Å². The molecule has 1 aliphatic heterocycles. The van der Waals surface area contributed by atoms with Crippen molar-refractivity contribution in [2.24, 2.45) is 0 Å². The van der Waals surface area contributed by atoms with E-state index in [1.165, 1.54) is 20.0 Å². The summed E-state index contributed by atoms with van der Waals surface area (Å²) in [6.45, 7) is 3.53. The number of halogens is 1. The fourth-order valence-corrected chi connectivity index (χ4v) is 2.41. The number of alkyl halides is 1. The van der Waals surface area contributed by atoms with E-state index in [1.54, 1.807) is 6.92 Å². The number of H-pyrrole nitrogens is 1. The van der Waals surface area contributed by atoms with Crippen molar-refractivity contribution in [1.29, 1.82) is 0 Å². The average molecular weight is 388 g/mol. The third kappa shape index (κ3) is 5.16. The zero-order valence-electron chi connectivity index (χ0n) is 15.2. The van der Waals surface area contributed by atoms with Crippen LogP contribution < -0.4 is 11.2 Å². The van der Waals surface area contributed by atoms with Gasteiger partial charge in [-0.25, -0.2) is 18.8 Å². The highest BCUT2D eigenvalue weighted by atomic mass is 19.2. The topological polar surface area (TPSA) is 126 Å². The molecule has 27 heavy (non-hydrogen) atoms. The molecule has 0 unspecified atom stereocenters. The van der Waals surface area contributed by atoms with E-state index in [9.17, 15) is 23.6 Å². The summed E-state index contributed by atoms with van der Waals surface area (Å²) in [4.78, 5) is 48.3. The molecule has 1 aliphatic rings. The maximum atomic E-state index is 14.7. The van der Waals surface area contributed by atoms with E-state index in [0.29, 0.717) is 0 Å². The number of rotatable bonds is 6. The molecule has 10 nitrogen and oxygen atoms in total. The number of carbonyl (C=O) groups is 2. The summed E-state index contributed by atoms with van der Waals surface area (Å²) in [7, 11) is 0. The Morgan fingerprint density at radius 1 is 1.41 bits per heavy atom. The quantitative estimate of drug-likeness (QED) is 0.716. The minimum Gasteiger partial charge on any atom is -0.463 e. The molecule has 150 valence electrons. The van der Waals surface area contributed by atoms with E-state index in [4.69, 9.17) is 18.9 Å². The van der Waals surface area contributed by atoms with Crippen molar-refractivity contribution in [2.45, 2.75) is 51.3 Å². The highest BCUT2D eigenvalue weighted by Crippen LogP contribution is 2.37. The fraction of sp³-hybridized carbons (Fsp3) is 0.625. The summed E-state index contributed by atoms with van der Waals surface area (Å²) >= 11 is 0. The second-order valence-electron chi connectivity index (χ2n) is 6.38. The Morgan fingerprint density at radius 2 is 2.11 bits per heavy atom. The Morgan fingerprint density at radius 3 is 2.74 bits per heavy atom. The largest absolute Gasteiger partial charge is 0.509 e. The molecule has 0 spiro atoms. The number of aromatic amines is 1. The van der Waals surface area contributed by atoms with Gasteiger partial charge in [0.05, 0.1) is 6.61 Å². The van der Waals surface area contributed by atoms with E-state index in [2.05, 4.69) is 0 Å². The van der Waals surface area contributed by atoms with Crippen molar-refractivity contribution in [1.82, 2.24) is 9.55 Å². The molecule has 0 aromatic carbocycles. The predicted molar refractivity (Wildman–Crippen MR) is 87.7 cm³/mol. The van der Waals surface area contributed by atoms with Crippen LogP contribution in [0.4, 0.5) is 9.18 Å². The van der Waals surface area contributed by atoms with Gasteiger partial charge in [-0.3, -0.25) is 14.3 Å². The van der Waals surface area contributed by atoms with Crippen LogP contribution in [0.3, 0.4) is 0 Å². The minimum atomic E-state index is -2.34. The Hall–Kier alpha value is -2.69. The zero-order valence-corrected chi connectivity index (χ0v) is 15.2. The molecule has 2 rings (SSSR count). The number of ether oxygens (including phenoxy) is 4. The first-order chi connectivity index (χ1) is 12.6. The van der Waals surface area contributed by atoms with Crippen LogP contribution in [0.1, 0.15) is 39.8 Å². The minimum absolute atomic E-state index is 0.105. The Labute approximate surface area is 153 Å². The summed E-state index contributed by atoms with van der Waals surface area (Å²) in [6.07, 6.45) is -1.07. The molecule has 0 saturated carbocycles. The van der Waals surface area contributed by atoms with Crippen molar-refractivity contribution in [2.75, 3.05) is 13.2 Å². The van der Waals surface area contributed by atoms with Crippen molar-refractivity contribution in [3.8, 4) is 0 Å². The lowest BCUT2D eigenvalue weighted by molar-refractivity contribution is -0.186. The van der Waals surface area contributed by atoms with Crippen molar-refractivity contribution in [3.05, 3.63) is 33.1 Å². The summed E-state index contributed by atoms with van der Waals surface area (Å²) < 4.78 is 35.2. The van der Waals surface area contributed by atoms with E-state index in [1.807, 2.05) is 4.98 Å². The van der Waals surface area contributed by atoms with Crippen LogP contribution in [0.15, 0.2) is 21.9 Å². The molecule has 0 bridgehead atoms. The van der Waals surface area contributed by atoms with Gasteiger partial charge in [0.15, 0.2) is 6.61 Å². The van der Waals surface area contributed by atoms with Crippen molar-refractivity contribution >= 4 is 12.1 Å². The van der Waals surface area contributed by atoms with Crippen LogP contribution in [0.25, 0.3) is 0 Å². The molecule has 2 heterocycles. The number of hydrogen-bond donors (Lipinski definition) is 1. The highest BCUT2D eigenvalue weighted by Gasteiger charge is 2.44. The predicted octanol–water partition coefficient (Wildman–Crippen LogP) is 1.01. The van der Waals surface area contributed by atoms with E-state index in [-0.39, 0.29) is 19.4 Å². The second-order valence-corrected chi connectivity index (χ2v) is 6.38.